The minimum Gasteiger partial charge on any atom is -0.385 e. The van der Waals surface area contributed by atoms with E-state index in [0.29, 0.717) is 0 Å². The van der Waals surface area contributed by atoms with Gasteiger partial charge in [0.2, 0.25) is 0 Å². The van der Waals surface area contributed by atoms with Crippen LogP contribution in [0, 0.1) is 6.92 Å². The monoisotopic (exact) mass is 256 g/mol. The number of hydrogen-bond acceptors (Lipinski definition) is 2. The van der Waals surface area contributed by atoms with Gasteiger partial charge in [0.15, 0.2) is 0 Å². The van der Waals surface area contributed by atoms with Crippen LogP contribution in [0.15, 0.2) is 18.2 Å². The van der Waals surface area contributed by atoms with Gasteiger partial charge < -0.3 is 5.32 Å². The van der Waals surface area contributed by atoms with Crippen molar-refractivity contribution in [1.29, 1.82) is 0 Å². The summed E-state index contributed by atoms with van der Waals surface area (Å²) in [6.45, 7) is 9.66. The topological polar surface area (TPSA) is 24.9 Å². The van der Waals surface area contributed by atoms with Crippen molar-refractivity contribution < 1.29 is 0 Å². The Bertz CT molecular complexity index is 573. The Kier molecular flexibility index (Phi) is 4.41. The third-order valence-corrected chi connectivity index (χ3v) is 3.62. The maximum Gasteiger partial charge on any atom is 0.0726 e. The average molecular weight is 256 g/mol. The first-order valence-corrected chi connectivity index (χ1v) is 7.37. The molecule has 1 N–H and O–H groups in total. The zero-order chi connectivity index (χ0) is 13.8. The van der Waals surface area contributed by atoms with Crippen LogP contribution >= 0.6 is 0 Å². The van der Waals surface area contributed by atoms with E-state index >= 15 is 0 Å². The largest absolute Gasteiger partial charge is 0.385 e. The summed E-state index contributed by atoms with van der Waals surface area (Å²) < 4.78 is 0. The van der Waals surface area contributed by atoms with Crippen LogP contribution in [-0.2, 0) is 12.8 Å². The average Bonchev–Trinajstić information content (AvgIpc) is 2.42. The minimum atomic E-state index is 0.946. The SMILES string of the molecule is CCCc1ccc2nc(CC)c(C)c(NCC)c2c1. The van der Waals surface area contributed by atoms with Crippen LogP contribution in [0.4, 0.5) is 5.69 Å². The molecule has 0 atom stereocenters. The summed E-state index contributed by atoms with van der Waals surface area (Å²) in [5, 5.41) is 4.79. The van der Waals surface area contributed by atoms with Gasteiger partial charge in [0.05, 0.1) is 5.52 Å². The molecular formula is C17H24N2. The fraction of sp³-hybridized carbons (Fsp3) is 0.471. The third kappa shape index (κ3) is 2.73. The summed E-state index contributed by atoms with van der Waals surface area (Å²) >= 11 is 0. The van der Waals surface area contributed by atoms with Crippen LogP contribution in [-0.4, -0.2) is 11.5 Å². The van der Waals surface area contributed by atoms with Crippen molar-refractivity contribution in [3.8, 4) is 0 Å². The van der Waals surface area contributed by atoms with E-state index in [2.05, 4.69) is 51.2 Å². The first-order valence-electron chi connectivity index (χ1n) is 7.37. The second-order valence-corrected chi connectivity index (χ2v) is 5.04. The molecule has 0 aliphatic carbocycles. The number of anilines is 1. The lowest BCUT2D eigenvalue weighted by atomic mass is 10.0. The van der Waals surface area contributed by atoms with E-state index in [1.807, 2.05) is 0 Å². The molecule has 0 bridgehead atoms. The van der Waals surface area contributed by atoms with Gasteiger partial charge in [-0.15, -0.1) is 0 Å². The van der Waals surface area contributed by atoms with Crippen LogP contribution in [0.1, 0.15) is 44.0 Å². The van der Waals surface area contributed by atoms with E-state index in [4.69, 9.17) is 4.98 Å². The highest BCUT2D eigenvalue weighted by Crippen LogP contribution is 2.29. The van der Waals surface area contributed by atoms with Crippen molar-refractivity contribution in [1.82, 2.24) is 4.98 Å². The Labute approximate surface area is 116 Å². The second-order valence-electron chi connectivity index (χ2n) is 5.04. The van der Waals surface area contributed by atoms with E-state index in [1.54, 1.807) is 0 Å². The van der Waals surface area contributed by atoms with Crippen molar-refractivity contribution in [3.63, 3.8) is 0 Å². The number of nitrogens with one attached hydrogen (secondary N) is 1. The second kappa shape index (κ2) is 6.05. The zero-order valence-electron chi connectivity index (χ0n) is 12.5. The highest BCUT2D eigenvalue weighted by atomic mass is 14.9. The zero-order valence-corrected chi connectivity index (χ0v) is 12.5. The van der Waals surface area contributed by atoms with Crippen LogP contribution in [0.2, 0.25) is 0 Å². The molecule has 102 valence electrons. The number of nitrogens with zero attached hydrogens (tertiary/aromatic N) is 1. The van der Waals surface area contributed by atoms with Crippen molar-refractivity contribution in [2.24, 2.45) is 0 Å². The number of rotatable bonds is 5. The first kappa shape index (κ1) is 13.9. The number of hydrogen-bond donors (Lipinski definition) is 1. The lowest BCUT2D eigenvalue weighted by Crippen LogP contribution is -2.04. The van der Waals surface area contributed by atoms with Gasteiger partial charge in [-0.05, 0) is 49.9 Å². The Morgan fingerprint density at radius 2 is 1.95 bits per heavy atom. The van der Waals surface area contributed by atoms with Crippen LogP contribution in [0.5, 0.6) is 0 Å². The predicted molar refractivity (Wildman–Crippen MR) is 84.0 cm³/mol. The Morgan fingerprint density at radius 1 is 1.16 bits per heavy atom. The Hall–Kier alpha value is -1.57. The smallest absolute Gasteiger partial charge is 0.0726 e. The van der Waals surface area contributed by atoms with E-state index in [9.17, 15) is 0 Å². The van der Waals surface area contributed by atoms with Crippen molar-refractivity contribution in [3.05, 3.63) is 35.0 Å². The van der Waals surface area contributed by atoms with Crippen LogP contribution < -0.4 is 5.32 Å². The standard InChI is InChI=1S/C17H24N2/c1-5-8-13-9-10-16-14(11-13)17(18-7-3)12(4)15(6-2)19-16/h9-11H,5-8H2,1-4H3,(H,18,19). The van der Waals surface area contributed by atoms with Gasteiger partial charge in [0.25, 0.3) is 0 Å². The summed E-state index contributed by atoms with van der Waals surface area (Å²) in [4.78, 5) is 4.80. The third-order valence-electron chi connectivity index (χ3n) is 3.62. The first-order chi connectivity index (χ1) is 9.21. The number of benzene rings is 1. The molecular weight excluding hydrogens is 232 g/mol. The minimum absolute atomic E-state index is 0.946. The van der Waals surface area contributed by atoms with Gasteiger partial charge in [-0.3, -0.25) is 4.98 Å². The number of pyridine rings is 1. The Balaban J connectivity index is 2.66. The molecule has 0 saturated heterocycles. The van der Waals surface area contributed by atoms with Gasteiger partial charge in [-0.25, -0.2) is 0 Å². The van der Waals surface area contributed by atoms with E-state index < -0.39 is 0 Å². The Morgan fingerprint density at radius 3 is 2.58 bits per heavy atom. The molecule has 19 heavy (non-hydrogen) atoms. The molecule has 2 nitrogen and oxygen atoms in total. The highest BCUT2D eigenvalue weighted by Gasteiger charge is 2.10. The van der Waals surface area contributed by atoms with E-state index in [0.717, 1.165) is 24.9 Å². The summed E-state index contributed by atoms with van der Waals surface area (Å²) in [6, 6.07) is 6.68. The molecule has 0 aliphatic heterocycles. The quantitative estimate of drug-likeness (QED) is 0.852. The predicted octanol–water partition coefficient (Wildman–Crippen LogP) is 4.49. The van der Waals surface area contributed by atoms with Crippen LogP contribution in [0.25, 0.3) is 10.9 Å². The summed E-state index contributed by atoms with van der Waals surface area (Å²) in [5.41, 5.74) is 6.28. The lowest BCUT2D eigenvalue weighted by molar-refractivity contribution is 0.923. The van der Waals surface area contributed by atoms with Crippen molar-refractivity contribution in [2.45, 2.75) is 47.0 Å². The molecule has 0 fully saturated rings. The van der Waals surface area contributed by atoms with Crippen LogP contribution in [0.3, 0.4) is 0 Å². The van der Waals surface area contributed by atoms with Crippen molar-refractivity contribution >= 4 is 16.6 Å². The molecule has 2 aromatic rings. The van der Waals surface area contributed by atoms with Gasteiger partial charge >= 0.3 is 0 Å². The molecule has 0 spiro atoms. The molecule has 0 amide bonds. The summed E-state index contributed by atoms with van der Waals surface area (Å²) in [5.74, 6) is 0. The fourth-order valence-electron chi connectivity index (χ4n) is 2.65. The van der Waals surface area contributed by atoms with Crippen molar-refractivity contribution in [2.75, 3.05) is 11.9 Å². The molecule has 0 saturated carbocycles. The van der Waals surface area contributed by atoms with Gasteiger partial charge in [-0.1, -0.05) is 26.3 Å². The fourth-order valence-corrected chi connectivity index (χ4v) is 2.65. The molecule has 2 heteroatoms. The molecule has 1 heterocycles. The number of aromatic nitrogens is 1. The summed E-state index contributed by atoms with van der Waals surface area (Å²) in [6.07, 6.45) is 3.30. The van der Waals surface area contributed by atoms with Gasteiger partial charge in [-0.2, -0.15) is 0 Å². The molecule has 0 unspecified atom stereocenters. The molecule has 1 aromatic carbocycles. The normalized spacial score (nSPS) is 10.9. The van der Waals surface area contributed by atoms with E-state index in [-0.39, 0.29) is 0 Å². The molecule has 0 radical (unpaired) electrons. The van der Waals surface area contributed by atoms with E-state index in [1.165, 1.54) is 34.3 Å². The lowest BCUT2D eigenvalue weighted by Gasteiger charge is -2.15. The molecule has 1 aromatic heterocycles. The summed E-state index contributed by atoms with van der Waals surface area (Å²) in [7, 11) is 0. The maximum atomic E-state index is 4.80. The number of aryl methyl sites for hydroxylation is 2. The highest BCUT2D eigenvalue weighted by molar-refractivity contribution is 5.93. The van der Waals surface area contributed by atoms with Gasteiger partial charge in [0.1, 0.15) is 0 Å². The molecule has 2 rings (SSSR count). The number of fused-ring (bicyclic) bond motifs is 1. The maximum absolute atomic E-state index is 4.80. The van der Waals surface area contributed by atoms with Gasteiger partial charge in [0, 0.05) is 23.3 Å². The molecule has 0 aliphatic rings.